The molecule has 4 rings (SSSR count). The molecule has 0 radical (unpaired) electrons. The van der Waals surface area contributed by atoms with E-state index in [0.29, 0.717) is 34.1 Å². The van der Waals surface area contributed by atoms with Gasteiger partial charge < -0.3 is 18.9 Å². The van der Waals surface area contributed by atoms with Crippen molar-refractivity contribution in [2.24, 2.45) is 0 Å². The number of esters is 2. The van der Waals surface area contributed by atoms with Crippen LogP contribution in [0.15, 0.2) is 97.1 Å². The summed E-state index contributed by atoms with van der Waals surface area (Å²) in [7, 11) is 3.03. The number of hydrogen-bond donors (Lipinski definition) is 0. The third-order valence-electron chi connectivity index (χ3n) is 5.27. The maximum Gasteiger partial charge on any atom is 0.343 e. The normalized spacial score (nSPS) is 10.6. The molecule has 0 aliphatic rings. The van der Waals surface area contributed by atoms with E-state index in [2.05, 4.69) is 0 Å². The molecule has 4 aromatic rings. The molecule has 0 bridgehead atoms. The second kappa shape index (κ2) is 11.5. The van der Waals surface area contributed by atoms with Gasteiger partial charge in [0.2, 0.25) is 0 Å². The van der Waals surface area contributed by atoms with Crippen LogP contribution in [0.5, 0.6) is 23.0 Å². The van der Waals surface area contributed by atoms with Crippen LogP contribution in [-0.2, 0) is 0 Å². The Morgan fingerprint density at radius 1 is 0.528 bits per heavy atom. The lowest BCUT2D eigenvalue weighted by Crippen LogP contribution is -2.09. The first-order valence-corrected chi connectivity index (χ1v) is 11.2. The van der Waals surface area contributed by atoms with Crippen LogP contribution in [0.25, 0.3) is 12.2 Å². The lowest BCUT2D eigenvalue weighted by Gasteiger charge is -2.11. The van der Waals surface area contributed by atoms with Gasteiger partial charge in [0.25, 0.3) is 0 Å². The Balaban J connectivity index is 1.54. The summed E-state index contributed by atoms with van der Waals surface area (Å²) in [6.45, 7) is 0. The maximum atomic E-state index is 12.5. The molecule has 0 saturated carbocycles. The summed E-state index contributed by atoms with van der Waals surface area (Å²) in [4.78, 5) is 25.0. The van der Waals surface area contributed by atoms with Gasteiger partial charge >= 0.3 is 11.9 Å². The zero-order valence-corrected chi connectivity index (χ0v) is 19.8. The second-order valence-electron chi connectivity index (χ2n) is 7.67. The number of hydrogen-bond acceptors (Lipinski definition) is 6. The zero-order chi connectivity index (χ0) is 25.3. The SMILES string of the molecule is COc1ccc(C=Cc2ccc(OC)c(OC(=O)c3ccccc3)c2)cc1OC(=O)c1ccccc1. The molecule has 6 nitrogen and oxygen atoms in total. The van der Waals surface area contributed by atoms with E-state index < -0.39 is 11.9 Å². The standard InChI is InChI=1S/C30H24O6/c1-33-25-17-15-21(19-27(25)35-29(31)23-9-5-3-6-10-23)13-14-22-16-18-26(34-2)28(20-22)36-30(32)24-11-7-4-8-12-24/h3-20H,1-2H3. The second-order valence-corrected chi connectivity index (χ2v) is 7.67. The van der Waals surface area contributed by atoms with Crippen molar-refractivity contribution in [2.75, 3.05) is 14.2 Å². The highest BCUT2D eigenvalue weighted by molar-refractivity contribution is 5.92. The maximum absolute atomic E-state index is 12.5. The summed E-state index contributed by atoms with van der Waals surface area (Å²) >= 11 is 0. The predicted molar refractivity (Wildman–Crippen MR) is 138 cm³/mol. The molecule has 0 amide bonds. The fourth-order valence-corrected chi connectivity index (χ4v) is 3.41. The van der Waals surface area contributed by atoms with Crippen molar-refractivity contribution in [1.82, 2.24) is 0 Å². The molecule has 0 spiro atoms. The van der Waals surface area contributed by atoms with E-state index in [-0.39, 0.29) is 0 Å². The highest BCUT2D eigenvalue weighted by atomic mass is 16.6. The molecule has 0 saturated heterocycles. The van der Waals surface area contributed by atoms with E-state index in [0.717, 1.165) is 11.1 Å². The molecular weight excluding hydrogens is 456 g/mol. The summed E-state index contributed by atoms with van der Waals surface area (Å²) in [5.41, 5.74) is 2.45. The first kappa shape index (κ1) is 24.3. The van der Waals surface area contributed by atoms with Crippen LogP contribution in [0.1, 0.15) is 31.8 Å². The third-order valence-corrected chi connectivity index (χ3v) is 5.27. The van der Waals surface area contributed by atoms with Gasteiger partial charge in [0.15, 0.2) is 23.0 Å². The number of benzene rings is 4. The fraction of sp³-hybridized carbons (Fsp3) is 0.0667. The average molecular weight is 481 g/mol. The Kier molecular flexibility index (Phi) is 7.78. The van der Waals surface area contributed by atoms with Gasteiger partial charge in [-0.2, -0.15) is 0 Å². The highest BCUT2D eigenvalue weighted by Gasteiger charge is 2.14. The van der Waals surface area contributed by atoms with Crippen LogP contribution in [0.4, 0.5) is 0 Å². The summed E-state index contributed by atoms with van der Waals surface area (Å²) in [6.07, 6.45) is 3.70. The topological polar surface area (TPSA) is 71.1 Å². The fourth-order valence-electron chi connectivity index (χ4n) is 3.41. The summed E-state index contributed by atoms with van der Waals surface area (Å²) in [5.74, 6) is 0.540. The van der Waals surface area contributed by atoms with E-state index in [1.807, 2.05) is 36.4 Å². The summed E-state index contributed by atoms with van der Waals surface area (Å²) in [6, 6.07) is 28.1. The minimum atomic E-state index is -0.477. The van der Waals surface area contributed by atoms with Crippen LogP contribution in [0, 0.1) is 0 Å². The Morgan fingerprint density at radius 2 is 0.917 bits per heavy atom. The average Bonchev–Trinajstić information content (AvgIpc) is 2.93. The lowest BCUT2D eigenvalue weighted by atomic mass is 10.1. The lowest BCUT2D eigenvalue weighted by molar-refractivity contribution is 0.0720. The number of ether oxygens (including phenoxy) is 4. The molecule has 0 aliphatic heterocycles. The van der Waals surface area contributed by atoms with Crippen molar-refractivity contribution in [3.05, 3.63) is 119 Å². The molecule has 0 heterocycles. The van der Waals surface area contributed by atoms with E-state index in [1.54, 1.807) is 72.8 Å². The Morgan fingerprint density at radius 3 is 1.28 bits per heavy atom. The van der Waals surface area contributed by atoms with Crippen molar-refractivity contribution >= 4 is 24.1 Å². The molecule has 6 heteroatoms. The van der Waals surface area contributed by atoms with Crippen LogP contribution in [0.3, 0.4) is 0 Å². The van der Waals surface area contributed by atoms with Gasteiger partial charge in [0.1, 0.15) is 0 Å². The molecule has 0 unspecified atom stereocenters. The molecule has 180 valence electrons. The van der Waals surface area contributed by atoms with Crippen LogP contribution in [0.2, 0.25) is 0 Å². The van der Waals surface area contributed by atoms with E-state index >= 15 is 0 Å². The Hall–Kier alpha value is -4.84. The van der Waals surface area contributed by atoms with Gasteiger partial charge in [-0.15, -0.1) is 0 Å². The number of methoxy groups -OCH3 is 2. The quantitative estimate of drug-likeness (QED) is 0.167. The van der Waals surface area contributed by atoms with E-state index in [4.69, 9.17) is 18.9 Å². The van der Waals surface area contributed by atoms with Crippen LogP contribution < -0.4 is 18.9 Å². The van der Waals surface area contributed by atoms with Gasteiger partial charge in [-0.05, 0) is 59.7 Å². The Bertz CT molecular complexity index is 1270. The van der Waals surface area contributed by atoms with Crippen molar-refractivity contribution < 1.29 is 28.5 Å². The molecule has 0 fully saturated rings. The predicted octanol–water partition coefficient (Wildman–Crippen LogP) is 6.31. The Labute approximate surface area is 209 Å². The molecule has 0 N–H and O–H groups in total. The van der Waals surface area contributed by atoms with Gasteiger partial charge in [-0.1, -0.05) is 60.7 Å². The van der Waals surface area contributed by atoms with Crippen molar-refractivity contribution in [1.29, 1.82) is 0 Å². The number of carbonyl (C=O) groups is 2. The van der Waals surface area contributed by atoms with Gasteiger partial charge in [0.05, 0.1) is 25.3 Å². The summed E-state index contributed by atoms with van der Waals surface area (Å²) in [5, 5.41) is 0. The van der Waals surface area contributed by atoms with Crippen molar-refractivity contribution in [2.45, 2.75) is 0 Å². The molecular formula is C30H24O6. The number of carbonyl (C=O) groups excluding carboxylic acids is 2. The minimum absolute atomic E-state index is 0.306. The zero-order valence-electron chi connectivity index (χ0n) is 19.8. The van der Waals surface area contributed by atoms with Crippen LogP contribution in [-0.4, -0.2) is 26.2 Å². The molecule has 36 heavy (non-hydrogen) atoms. The smallest absolute Gasteiger partial charge is 0.343 e. The minimum Gasteiger partial charge on any atom is -0.493 e. The van der Waals surface area contributed by atoms with E-state index in [1.165, 1.54) is 14.2 Å². The molecule has 0 atom stereocenters. The molecule has 0 aliphatic carbocycles. The highest BCUT2D eigenvalue weighted by Crippen LogP contribution is 2.31. The molecule has 4 aromatic carbocycles. The van der Waals surface area contributed by atoms with Gasteiger partial charge in [0, 0.05) is 0 Å². The van der Waals surface area contributed by atoms with Crippen molar-refractivity contribution in [3.63, 3.8) is 0 Å². The molecule has 0 aromatic heterocycles. The summed E-state index contributed by atoms with van der Waals surface area (Å²) < 4.78 is 21.9. The first-order chi connectivity index (χ1) is 17.6. The number of rotatable bonds is 8. The largest absolute Gasteiger partial charge is 0.493 e. The van der Waals surface area contributed by atoms with Gasteiger partial charge in [-0.3, -0.25) is 0 Å². The monoisotopic (exact) mass is 480 g/mol. The first-order valence-electron chi connectivity index (χ1n) is 11.2. The van der Waals surface area contributed by atoms with Crippen molar-refractivity contribution in [3.8, 4) is 23.0 Å². The van der Waals surface area contributed by atoms with Gasteiger partial charge in [-0.25, -0.2) is 9.59 Å². The van der Waals surface area contributed by atoms with E-state index in [9.17, 15) is 9.59 Å². The van der Waals surface area contributed by atoms with Crippen LogP contribution >= 0.6 is 0 Å². The third kappa shape index (κ3) is 5.98.